The highest BCUT2D eigenvalue weighted by Gasteiger charge is 2.43. The second-order valence-electron chi connectivity index (χ2n) is 10.6. The first-order valence-electron chi connectivity index (χ1n) is 12.5. The van der Waals surface area contributed by atoms with Crippen molar-refractivity contribution in [2.45, 2.75) is 105 Å². The van der Waals surface area contributed by atoms with E-state index in [1.807, 2.05) is 59.7 Å². The molecule has 2 atom stereocenters. The molecule has 0 aliphatic rings. The largest absolute Gasteiger partial charge is 0.444 e. The van der Waals surface area contributed by atoms with E-state index in [9.17, 15) is 19.5 Å². The Bertz CT molecular complexity index is 876. The zero-order chi connectivity index (χ0) is 27.0. The summed E-state index contributed by atoms with van der Waals surface area (Å²) >= 11 is 0. The molecule has 35 heavy (non-hydrogen) atoms. The van der Waals surface area contributed by atoms with E-state index in [-0.39, 0.29) is 5.91 Å². The van der Waals surface area contributed by atoms with Crippen LogP contribution in [0.25, 0.3) is 0 Å². The maximum absolute atomic E-state index is 13.9. The van der Waals surface area contributed by atoms with Gasteiger partial charge >= 0.3 is 6.09 Å². The van der Waals surface area contributed by atoms with Gasteiger partial charge in [0.05, 0.1) is 6.61 Å². The van der Waals surface area contributed by atoms with Crippen LogP contribution in [0, 0.1) is 13.8 Å². The molecule has 2 unspecified atom stereocenters. The Kier molecular flexibility index (Phi) is 11.2. The third kappa shape index (κ3) is 8.84. The van der Waals surface area contributed by atoms with E-state index >= 15 is 0 Å². The lowest BCUT2D eigenvalue weighted by Crippen LogP contribution is -2.60. The molecule has 3 amide bonds. The van der Waals surface area contributed by atoms with Crippen LogP contribution < -0.4 is 10.6 Å². The van der Waals surface area contributed by atoms with Crippen LogP contribution in [0.2, 0.25) is 0 Å². The number of benzene rings is 1. The van der Waals surface area contributed by atoms with Crippen molar-refractivity contribution in [3.8, 4) is 0 Å². The van der Waals surface area contributed by atoms with Crippen molar-refractivity contribution in [2.24, 2.45) is 0 Å². The Balaban J connectivity index is 3.54. The molecule has 0 aliphatic carbocycles. The predicted octanol–water partition coefficient (Wildman–Crippen LogP) is 4.16. The van der Waals surface area contributed by atoms with Gasteiger partial charge in [-0.25, -0.2) is 4.79 Å². The van der Waals surface area contributed by atoms with E-state index < -0.39 is 41.8 Å². The fraction of sp³-hybridized carbons (Fsp3) is 0.667. The van der Waals surface area contributed by atoms with Crippen molar-refractivity contribution in [3.05, 3.63) is 34.9 Å². The summed E-state index contributed by atoms with van der Waals surface area (Å²) in [4.78, 5) is 41.4. The Morgan fingerprint density at radius 3 is 2.17 bits per heavy atom. The summed E-state index contributed by atoms with van der Waals surface area (Å²) in [5.74, 6) is -0.857. The first kappa shape index (κ1) is 30.4. The topological polar surface area (TPSA) is 108 Å². The molecule has 0 heterocycles. The summed E-state index contributed by atoms with van der Waals surface area (Å²) in [7, 11) is 0. The number of aliphatic hydroxyl groups is 1. The van der Waals surface area contributed by atoms with E-state index in [0.29, 0.717) is 18.5 Å². The van der Waals surface area contributed by atoms with Crippen LogP contribution >= 0.6 is 0 Å². The predicted molar refractivity (Wildman–Crippen MR) is 138 cm³/mol. The molecule has 0 saturated heterocycles. The number of carbonyl (C=O) groups excluding carboxylic acids is 3. The van der Waals surface area contributed by atoms with Gasteiger partial charge in [0.1, 0.15) is 17.7 Å². The van der Waals surface area contributed by atoms with Gasteiger partial charge in [-0.15, -0.1) is 0 Å². The minimum Gasteiger partial charge on any atom is -0.444 e. The number of rotatable bonds is 11. The number of hydrogen-bond donors (Lipinski definition) is 3. The second kappa shape index (κ2) is 12.9. The van der Waals surface area contributed by atoms with E-state index in [1.54, 1.807) is 20.8 Å². The lowest BCUT2D eigenvalue weighted by atomic mass is 9.91. The highest BCUT2D eigenvalue weighted by atomic mass is 16.6. The summed E-state index contributed by atoms with van der Waals surface area (Å²) in [6.45, 7) is 16.7. The van der Waals surface area contributed by atoms with E-state index in [2.05, 4.69) is 10.6 Å². The smallest absolute Gasteiger partial charge is 0.408 e. The summed E-state index contributed by atoms with van der Waals surface area (Å²) in [5, 5.41) is 15.5. The summed E-state index contributed by atoms with van der Waals surface area (Å²) in [6, 6.07) is 3.49. The van der Waals surface area contributed by atoms with Crippen LogP contribution in [0.15, 0.2) is 18.2 Å². The normalized spacial score (nSPS) is 13.5. The monoisotopic (exact) mass is 491 g/mol. The van der Waals surface area contributed by atoms with Gasteiger partial charge in [-0.1, -0.05) is 38.5 Å². The molecule has 8 nitrogen and oxygen atoms in total. The molecule has 1 aromatic rings. The molecular formula is C27H45N3O5. The Morgan fingerprint density at radius 1 is 1.06 bits per heavy atom. The molecule has 1 rings (SSSR count). The minimum atomic E-state index is -1.27. The van der Waals surface area contributed by atoms with Gasteiger partial charge in [-0.3, -0.25) is 9.59 Å². The molecule has 0 spiro atoms. The van der Waals surface area contributed by atoms with Crippen LogP contribution in [0.3, 0.4) is 0 Å². The maximum atomic E-state index is 13.9. The highest BCUT2D eigenvalue weighted by molar-refractivity contribution is 5.92. The zero-order valence-corrected chi connectivity index (χ0v) is 22.9. The fourth-order valence-corrected chi connectivity index (χ4v) is 3.59. The van der Waals surface area contributed by atoms with Crippen molar-refractivity contribution in [1.82, 2.24) is 15.5 Å². The average molecular weight is 492 g/mol. The van der Waals surface area contributed by atoms with Crippen LogP contribution in [0.5, 0.6) is 0 Å². The number of nitrogens with zero attached hydrogens (tertiary/aromatic N) is 1. The third-order valence-electron chi connectivity index (χ3n) is 6.11. The van der Waals surface area contributed by atoms with Gasteiger partial charge in [0, 0.05) is 12.1 Å². The van der Waals surface area contributed by atoms with E-state index in [1.165, 1.54) is 4.90 Å². The minimum absolute atomic E-state index is 0.300. The number of ether oxygens (including phenoxy) is 1. The lowest BCUT2D eigenvalue weighted by Gasteiger charge is -2.44. The quantitative estimate of drug-likeness (QED) is 0.403. The van der Waals surface area contributed by atoms with Crippen LogP contribution in [-0.2, 0) is 14.3 Å². The van der Waals surface area contributed by atoms with Crippen LogP contribution in [0.4, 0.5) is 4.79 Å². The number of carbonyl (C=O) groups is 3. The van der Waals surface area contributed by atoms with Crippen molar-refractivity contribution >= 4 is 17.9 Å². The van der Waals surface area contributed by atoms with E-state index in [4.69, 9.17) is 4.74 Å². The number of aryl methyl sites for hydroxylation is 2. The lowest BCUT2D eigenvalue weighted by molar-refractivity contribution is -0.150. The van der Waals surface area contributed by atoms with Gasteiger partial charge < -0.3 is 25.4 Å². The standard InChI is InChI=1S/C27H45N3O5/c1-10-12-15-28-23(32)22(20-14-13-18(3)19(4)16-20)30(27(8,9)11-2)24(33)21(17-31)29-25(34)35-26(5,6)7/h13-14,16,21-22,31H,10-12,15,17H2,1-9H3,(H,28,32)(H,29,34). The number of alkyl carbamates (subject to hydrolysis) is 1. The van der Waals surface area contributed by atoms with Crippen molar-refractivity contribution in [1.29, 1.82) is 0 Å². The second-order valence-corrected chi connectivity index (χ2v) is 10.6. The Hall–Kier alpha value is -2.61. The number of unbranched alkanes of at least 4 members (excludes halogenated alkanes) is 1. The van der Waals surface area contributed by atoms with Gasteiger partial charge in [0.2, 0.25) is 11.8 Å². The fourth-order valence-electron chi connectivity index (χ4n) is 3.59. The van der Waals surface area contributed by atoms with Crippen molar-refractivity contribution in [2.75, 3.05) is 13.2 Å². The average Bonchev–Trinajstić information content (AvgIpc) is 2.76. The molecule has 0 aromatic heterocycles. The first-order chi connectivity index (χ1) is 16.2. The summed E-state index contributed by atoms with van der Waals surface area (Å²) in [5.41, 5.74) is 1.22. The zero-order valence-electron chi connectivity index (χ0n) is 22.9. The van der Waals surface area contributed by atoms with Gasteiger partial charge in [-0.2, -0.15) is 0 Å². The van der Waals surface area contributed by atoms with Gasteiger partial charge in [-0.05, 0) is 78.0 Å². The molecule has 8 heteroatoms. The Labute approximate surface area is 210 Å². The first-order valence-corrected chi connectivity index (χ1v) is 12.5. The maximum Gasteiger partial charge on any atom is 0.408 e. The molecule has 1 aromatic carbocycles. The number of hydrogen-bond acceptors (Lipinski definition) is 5. The molecule has 0 saturated carbocycles. The van der Waals surface area contributed by atoms with Crippen LogP contribution in [0.1, 0.15) is 90.5 Å². The van der Waals surface area contributed by atoms with Crippen molar-refractivity contribution < 1.29 is 24.2 Å². The third-order valence-corrected chi connectivity index (χ3v) is 6.11. The number of amides is 3. The van der Waals surface area contributed by atoms with Gasteiger partial charge in [0.25, 0.3) is 0 Å². The molecular weight excluding hydrogens is 446 g/mol. The molecule has 3 N–H and O–H groups in total. The Morgan fingerprint density at radius 2 is 1.69 bits per heavy atom. The van der Waals surface area contributed by atoms with Crippen molar-refractivity contribution in [3.63, 3.8) is 0 Å². The number of aliphatic hydroxyl groups excluding tert-OH is 1. The summed E-state index contributed by atoms with van der Waals surface area (Å²) in [6.07, 6.45) is 1.47. The highest BCUT2D eigenvalue weighted by Crippen LogP contribution is 2.33. The van der Waals surface area contributed by atoms with Gasteiger partial charge in [0.15, 0.2) is 0 Å². The van der Waals surface area contributed by atoms with E-state index in [0.717, 1.165) is 24.0 Å². The molecule has 0 radical (unpaired) electrons. The molecule has 0 fully saturated rings. The summed E-state index contributed by atoms with van der Waals surface area (Å²) < 4.78 is 5.29. The molecule has 198 valence electrons. The van der Waals surface area contributed by atoms with Crippen LogP contribution in [-0.4, -0.2) is 58.2 Å². The SMILES string of the molecule is CCCCNC(=O)C(c1ccc(C)c(C)c1)N(C(=O)C(CO)NC(=O)OC(C)(C)C)C(C)(C)CC. The molecule has 0 aliphatic heterocycles. The number of nitrogens with one attached hydrogen (secondary N) is 2. The molecule has 0 bridgehead atoms.